The number of pyridine rings is 1. The monoisotopic (exact) mass is 332 g/mol. The van der Waals surface area contributed by atoms with Crippen molar-refractivity contribution in [3.05, 3.63) is 35.1 Å². The number of carbonyl (C=O) groups is 1. The first-order valence-electron chi connectivity index (χ1n) is 8.04. The maximum atomic E-state index is 12.3. The zero-order valence-electron chi connectivity index (χ0n) is 14.0. The first-order chi connectivity index (χ1) is 11.2. The number of thiazole rings is 1. The van der Waals surface area contributed by atoms with Crippen LogP contribution in [0.4, 0.5) is 0 Å². The van der Waals surface area contributed by atoms with Gasteiger partial charge in [0.15, 0.2) is 0 Å². The largest absolute Gasteiger partial charge is 0.351 e. The van der Waals surface area contributed by atoms with Gasteiger partial charge in [-0.05, 0) is 45.1 Å². The Kier molecular flexibility index (Phi) is 6.67. The molecule has 2 aromatic heterocycles. The van der Waals surface area contributed by atoms with Gasteiger partial charge in [0.2, 0.25) is 0 Å². The van der Waals surface area contributed by atoms with E-state index in [9.17, 15) is 4.79 Å². The van der Waals surface area contributed by atoms with Gasteiger partial charge in [0.05, 0.1) is 5.69 Å². The Labute approximate surface area is 141 Å². The topological polar surface area (TPSA) is 58.1 Å². The van der Waals surface area contributed by atoms with E-state index in [0.717, 1.165) is 42.3 Å². The summed E-state index contributed by atoms with van der Waals surface area (Å²) in [5.41, 5.74) is 1.77. The van der Waals surface area contributed by atoms with Gasteiger partial charge in [-0.15, -0.1) is 11.3 Å². The van der Waals surface area contributed by atoms with Gasteiger partial charge >= 0.3 is 0 Å². The summed E-state index contributed by atoms with van der Waals surface area (Å²) in [7, 11) is 0. The Morgan fingerprint density at radius 3 is 2.61 bits per heavy atom. The van der Waals surface area contributed by atoms with Gasteiger partial charge < -0.3 is 10.2 Å². The molecule has 0 spiro atoms. The molecular weight excluding hydrogens is 308 g/mol. The molecule has 0 fully saturated rings. The zero-order valence-corrected chi connectivity index (χ0v) is 14.8. The molecule has 23 heavy (non-hydrogen) atoms. The molecule has 0 aliphatic heterocycles. The number of hydrogen-bond donors (Lipinski definition) is 1. The van der Waals surface area contributed by atoms with Crippen molar-refractivity contribution in [1.29, 1.82) is 0 Å². The summed E-state index contributed by atoms with van der Waals surface area (Å²) < 4.78 is 0. The first kappa shape index (κ1) is 17.6. The second-order valence-corrected chi connectivity index (χ2v) is 6.30. The molecule has 2 rings (SSSR count). The Morgan fingerprint density at radius 1 is 1.26 bits per heavy atom. The molecule has 0 aliphatic carbocycles. The molecule has 2 heterocycles. The highest BCUT2D eigenvalue weighted by atomic mass is 32.1. The van der Waals surface area contributed by atoms with Gasteiger partial charge in [-0.2, -0.15) is 0 Å². The van der Waals surface area contributed by atoms with Crippen LogP contribution in [0.15, 0.2) is 24.5 Å². The van der Waals surface area contributed by atoms with Crippen LogP contribution >= 0.6 is 11.3 Å². The fourth-order valence-corrected chi connectivity index (χ4v) is 3.34. The van der Waals surface area contributed by atoms with Crippen molar-refractivity contribution in [2.75, 3.05) is 26.2 Å². The first-order valence-corrected chi connectivity index (χ1v) is 8.85. The molecule has 0 aromatic carbocycles. The van der Waals surface area contributed by atoms with E-state index < -0.39 is 0 Å². The molecule has 0 unspecified atom stereocenters. The third kappa shape index (κ3) is 4.84. The average Bonchev–Trinajstić information content (AvgIpc) is 2.97. The van der Waals surface area contributed by atoms with E-state index >= 15 is 0 Å². The number of aryl methyl sites for hydroxylation is 1. The predicted molar refractivity (Wildman–Crippen MR) is 94.8 cm³/mol. The van der Waals surface area contributed by atoms with E-state index in [1.807, 2.05) is 19.1 Å². The summed E-state index contributed by atoms with van der Waals surface area (Å²) in [5, 5.41) is 3.86. The van der Waals surface area contributed by atoms with Crippen molar-refractivity contribution >= 4 is 17.2 Å². The van der Waals surface area contributed by atoms with Crippen LogP contribution in [0.1, 0.15) is 35.6 Å². The molecule has 6 heteroatoms. The van der Waals surface area contributed by atoms with Crippen molar-refractivity contribution in [3.63, 3.8) is 0 Å². The van der Waals surface area contributed by atoms with Crippen LogP contribution in [0.25, 0.3) is 10.6 Å². The van der Waals surface area contributed by atoms with Crippen LogP contribution in [-0.2, 0) is 0 Å². The highest BCUT2D eigenvalue weighted by molar-refractivity contribution is 7.17. The molecule has 1 amide bonds. The minimum absolute atomic E-state index is 0.0279. The minimum Gasteiger partial charge on any atom is -0.351 e. The van der Waals surface area contributed by atoms with Gasteiger partial charge in [0.1, 0.15) is 9.88 Å². The number of nitrogens with one attached hydrogen (secondary N) is 1. The lowest BCUT2D eigenvalue weighted by molar-refractivity contribution is 0.0955. The highest BCUT2D eigenvalue weighted by Crippen LogP contribution is 2.27. The van der Waals surface area contributed by atoms with Gasteiger partial charge in [0, 0.05) is 24.5 Å². The zero-order chi connectivity index (χ0) is 16.7. The Morgan fingerprint density at radius 2 is 1.96 bits per heavy atom. The number of hydrogen-bond acceptors (Lipinski definition) is 5. The second kappa shape index (κ2) is 8.74. The summed E-state index contributed by atoms with van der Waals surface area (Å²) in [4.78, 5) is 23.9. The maximum Gasteiger partial charge on any atom is 0.263 e. The molecule has 0 aliphatic rings. The van der Waals surface area contributed by atoms with E-state index in [4.69, 9.17) is 0 Å². The predicted octanol–water partition coefficient (Wildman–Crippen LogP) is 2.98. The molecule has 0 saturated heterocycles. The lowest BCUT2D eigenvalue weighted by atomic mass is 10.3. The van der Waals surface area contributed by atoms with Crippen LogP contribution in [0.2, 0.25) is 0 Å². The van der Waals surface area contributed by atoms with Crippen LogP contribution < -0.4 is 5.32 Å². The SMILES string of the molecule is CCN(CC)CCCNC(=O)c1sc(-c2ccncc2)nc1C. The van der Waals surface area contributed by atoms with Crippen LogP contribution in [0.3, 0.4) is 0 Å². The Bertz CT molecular complexity index is 623. The lowest BCUT2D eigenvalue weighted by Gasteiger charge is -2.17. The van der Waals surface area contributed by atoms with Gasteiger partial charge in [-0.25, -0.2) is 4.98 Å². The quantitative estimate of drug-likeness (QED) is 0.755. The molecule has 0 bridgehead atoms. The molecular formula is C17H24N4OS. The van der Waals surface area contributed by atoms with E-state index in [1.54, 1.807) is 12.4 Å². The third-order valence-electron chi connectivity index (χ3n) is 3.76. The van der Waals surface area contributed by atoms with E-state index in [1.165, 1.54) is 11.3 Å². The van der Waals surface area contributed by atoms with Crippen molar-refractivity contribution in [3.8, 4) is 10.6 Å². The number of rotatable bonds is 8. The van der Waals surface area contributed by atoms with Gasteiger partial charge in [-0.1, -0.05) is 13.8 Å². The van der Waals surface area contributed by atoms with Crippen molar-refractivity contribution < 1.29 is 4.79 Å². The van der Waals surface area contributed by atoms with E-state index in [2.05, 4.69) is 34.0 Å². The van der Waals surface area contributed by atoms with Crippen molar-refractivity contribution in [2.45, 2.75) is 27.2 Å². The van der Waals surface area contributed by atoms with Gasteiger partial charge in [-0.3, -0.25) is 9.78 Å². The number of nitrogens with zero attached hydrogens (tertiary/aromatic N) is 3. The number of amides is 1. The molecule has 0 radical (unpaired) electrons. The Hall–Kier alpha value is -1.79. The van der Waals surface area contributed by atoms with E-state index in [0.29, 0.717) is 11.4 Å². The summed E-state index contributed by atoms with van der Waals surface area (Å²) in [6.07, 6.45) is 4.43. The maximum absolute atomic E-state index is 12.3. The average molecular weight is 332 g/mol. The second-order valence-electron chi connectivity index (χ2n) is 5.31. The number of aromatic nitrogens is 2. The smallest absolute Gasteiger partial charge is 0.263 e. The number of carbonyl (C=O) groups excluding carboxylic acids is 1. The third-order valence-corrected chi connectivity index (χ3v) is 4.97. The van der Waals surface area contributed by atoms with Gasteiger partial charge in [0.25, 0.3) is 5.91 Å². The molecule has 1 N–H and O–H groups in total. The van der Waals surface area contributed by atoms with E-state index in [-0.39, 0.29) is 5.91 Å². The molecule has 0 saturated carbocycles. The Balaban J connectivity index is 1.91. The van der Waals surface area contributed by atoms with Crippen molar-refractivity contribution in [1.82, 2.24) is 20.2 Å². The summed E-state index contributed by atoms with van der Waals surface area (Å²) >= 11 is 1.43. The summed E-state index contributed by atoms with van der Waals surface area (Å²) in [5.74, 6) is -0.0279. The van der Waals surface area contributed by atoms with Crippen LogP contribution in [0.5, 0.6) is 0 Å². The lowest BCUT2D eigenvalue weighted by Crippen LogP contribution is -2.29. The van der Waals surface area contributed by atoms with Crippen LogP contribution in [-0.4, -0.2) is 47.0 Å². The normalized spacial score (nSPS) is 11.0. The summed E-state index contributed by atoms with van der Waals surface area (Å²) in [6, 6.07) is 3.81. The highest BCUT2D eigenvalue weighted by Gasteiger charge is 2.15. The van der Waals surface area contributed by atoms with Crippen LogP contribution in [0, 0.1) is 6.92 Å². The van der Waals surface area contributed by atoms with Crippen molar-refractivity contribution in [2.24, 2.45) is 0 Å². The fraction of sp³-hybridized carbons (Fsp3) is 0.471. The summed E-state index contributed by atoms with van der Waals surface area (Å²) in [6.45, 7) is 9.99. The molecule has 124 valence electrons. The minimum atomic E-state index is -0.0279. The molecule has 2 aromatic rings. The fourth-order valence-electron chi connectivity index (χ4n) is 2.35. The molecule has 5 nitrogen and oxygen atoms in total. The molecule has 0 atom stereocenters. The standard InChI is InChI=1S/C17H24N4OS/c1-4-21(5-2)12-6-9-19-16(22)15-13(3)20-17(23-15)14-7-10-18-11-8-14/h7-8,10-11H,4-6,9,12H2,1-3H3,(H,19,22).